The summed E-state index contributed by atoms with van der Waals surface area (Å²) in [5.41, 5.74) is 3.32. The predicted molar refractivity (Wildman–Crippen MR) is 81.5 cm³/mol. The van der Waals surface area contributed by atoms with E-state index >= 15 is 0 Å². The SMILES string of the molecule is Cc1nc2c(sc3nc4c(cc32)CCCCC4)c(=O)[nH]1. The van der Waals surface area contributed by atoms with E-state index in [1.807, 2.05) is 6.92 Å². The van der Waals surface area contributed by atoms with Gasteiger partial charge in [-0.3, -0.25) is 4.79 Å². The smallest absolute Gasteiger partial charge is 0.268 e. The Morgan fingerprint density at radius 3 is 2.95 bits per heavy atom. The minimum Gasteiger partial charge on any atom is -0.310 e. The average molecular weight is 285 g/mol. The standard InChI is InChI=1S/C15H15N3OS/c1-8-16-12-10-7-9-5-3-2-4-6-11(9)18-15(10)20-13(12)14(19)17-8/h7H,2-6H2,1H3,(H,16,17,19). The largest absolute Gasteiger partial charge is 0.310 e. The van der Waals surface area contributed by atoms with Gasteiger partial charge < -0.3 is 4.98 Å². The first-order chi connectivity index (χ1) is 9.72. The zero-order valence-electron chi connectivity index (χ0n) is 11.3. The van der Waals surface area contributed by atoms with Crippen molar-refractivity contribution in [2.75, 3.05) is 0 Å². The van der Waals surface area contributed by atoms with E-state index in [2.05, 4.69) is 16.0 Å². The van der Waals surface area contributed by atoms with E-state index in [4.69, 9.17) is 4.98 Å². The first kappa shape index (κ1) is 12.0. The van der Waals surface area contributed by atoms with Crippen molar-refractivity contribution in [2.24, 2.45) is 0 Å². The van der Waals surface area contributed by atoms with Gasteiger partial charge in [-0.25, -0.2) is 9.97 Å². The highest BCUT2D eigenvalue weighted by molar-refractivity contribution is 7.25. The Morgan fingerprint density at radius 2 is 2.05 bits per heavy atom. The highest BCUT2D eigenvalue weighted by atomic mass is 32.1. The molecule has 4 nitrogen and oxygen atoms in total. The fraction of sp³-hybridized carbons (Fsp3) is 0.400. The third-order valence-corrected chi connectivity index (χ3v) is 5.05. The number of aryl methyl sites for hydroxylation is 3. The number of H-pyrrole nitrogens is 1. The molecule has 0 saturated carbocycles. The molecule has 0 aromatic carbocycles. The van der Waals surface area contributed by atoms with Crippen LogP contribution in [-0.2, 0) is 12.8 Å². The molecule has 3 aromatic rings. The summed E-state index contributed by atoms with van der Waals surface area (Å²) in [7, 11) is 0. The molecule has 0 spiro atoms. The minimum atomic E-state index is -0.0503. The van der Waals surface area contributed by atoms with Crippen molar-refractivity contribution in [3.05, 3.63) is 33.5 Å². The van der Waals surface area contributed by atoms with Crippen LogP contribution in [0, 0.1) is 6.92 Å². The third-order valence-electron chi connectivity index (χ3n) is 3.96. The molecule has 0 fully saturated rings. The molecule has 0 atom stereocenters. The maximum atomic E-state index is 12.0. The van der Waals surface area contributed by atoms with Gasteiger partial charge in [0.2, 0.25) is 0 Å². The summed E-state index contributed by atoms with van der Waals surface area (Å²) in [6.45, 7) is 1.82. The minimum absolute atomic E-state index is 0.0503. The highest BCUT2D eigenvalue weighted by Gasteiger charge is 2.16. The molecule has 0 saturated heterocycles. The van der Waals surface area contributed by atoms with Gasteiger partial charge in [0, 0.05) is 11.1 Å². The number of hydrogen-bond acceptors (Lipinski definition) is 4. The lowest BCUT2D eigenvalue weighted by Gasteiger charge is -2.04. The van der Waals surface area contributed by atoms with Crippen molar-refractivity contribution in [2.45, 2.75) is 39.0 Å². The molecule has 1 aliphatic rings. The number of aromatic amines is 1. The summed E-state index contributed by atoms with van der Waals surface area (Å²) in [6.07, 6.45) is 5.88. The van der Waals surface area contributed by atoms with Gasteiger partial charge in [0.05, 0.1) is 5.52 Å². The second-order valence-corrected chi connectivity index (χ2v) is 6.44. The molecular formula is C15H15N3OS. The number of aromatic nitrogens is 3. The average Bonchev–Trinajstić information content (AvgIpc) is 2.62. The van der Waals surface area contributed by atoms with E-state index < -0.39 is 0 Å². The quantitative estimate of drug-likeness (QED) is 0.646. The van der Waals surface area contributed by atoms with Crippen molar-refractivity contribution in [3.63, 3.8) is 0 Å². The van der Waals surface area contributed by atoms with Crippen LogP contribution in [0.5, 0.6) is 0 Å². The van der Waals surface area contributed by atoms with Crippen molar-refractivity contribution < 1.29 is 0 Å². The molecule has 4 rings (SSSR count). The zero-order valence-corrected chi connectivity index (χ0v) is 12.1. The van der Waals surface area contributed by atoms with Crippen LogP contribution in [0.1, 0.15) is 36.3 Å². The Morgan fingerprint density at radius 1 is 1.20 bits per heavy atom. The summed E-state index contributed by atoms with van der Waals surface area (Å²) < 4.78 is 0.693. The molecule has 1 aliphatic carbocycles. The van der Waals surface area contributed by atoms with E-state index in [1.165, 1.54) is 41.9 Å². The fourth-order valence-corrected chi connectivity index (χ4v) is 4.00. The Hall–Kier alpha value is -1.75. The summed E-state index contributed by atoms with van der Waals surface area (Å²) in [5.74, 6) is 0.664. The third kappa shape index (κ3) is 1.77. The van der Waals surface area contributed by atoms with Crippen LogP contribution < -0.4 is 5.56 Å². The maximum absolute atomic E-state index is 12.0. The summed E-state index contributed by atoms with van der Waals surface area (Å²) >= 11 is 1.46. The first-order valence-corrected chi connectivity index (χ1v) is 7.86. The fourth-order valence-electron chi connectivity index (χ4n) is 2.99. The molecular weight excluding hydrogens is 270 g/mol. The van der Waals surface area contributed by atoms with Crippen LogP contribution in [0.15, 0.2) is 10.9 Å². The van der Waals surface area contributed by atoms with Gasteiger partial charge in [-0.05, 0) is 44.2 Å². The van der Waals surface area contributed by atoms with E-state index in [1.54, 1.807) is 0 Å². The second kappa shape index (κ2) is 4.38. The van der Waals surface area contributed by atoms with Crippen LogP contribution >= 0.6 is 11.3 Å². The monoisotopic (exact) mass is 285 g/mol. The number of thiophene rings is 1. The number of fused-ring (bicyclic) bond motifs is 4. The van der Waals surface area contributed by atoms with Crippen LogP contribution in [0.2, 0.25) is 0 Å². The van der Waals surface area contributed by atoms with Crippen molar-refractivity contribution in [1.82, 2.24) is 15.0 Å². The van der Waals surface area contributed by atoms with E-state index in [0.29, 0.717) is 10.5 Å². The molecule has 102 valence electrons. The van der Waals surface area contributed by atoms with Crippen molar-refractivity contribution in [3.8, 4) is 0 Å². The Bertz CT molecular complexity index is 878. The molecule has 1 N–H and O–H groups in total. The number of hydrogen-bond donors (Lipinski definition) is 1. The van der Waals surface area contributed by atoms with E-state index in [-0.39, 0.29) is 5.56 Å². The molecule has 3 aromatic heterocycles. The Labute approximate surface area is 119 Å². The van der Waals surface area contributed by atoms with Crippen LogP contribution in [0.25, 0.3) is 20.4 Å². The van der Waals surface area contributed by atoms with Crippen LogP contribution in [-0.4, -0.2) is 15.0 Å². The van der Waals surface area contributed by atoms with Gasteiger partial charge >= 0.3 is 0 Å². The topological polar surface area (TPSA) is 58.6 Å². The van der Waals surface area contributed by atoms with Crippen molar-refractivity contribution in [1.29, 1.82) is 0 Å². The molecule has 3 heterocycles. The lowest BCUT2D eigenvalue weighted by molar-refractivity contribution is 0.709. The summed E-state index contributed by atoms with van der Waals surface area (Å²) in [6, 6.07) is 2.22. The zero-order chi connectivity index (χ0) is 13.7. The normalized spacial score (nSPS) is 15.4. The molecule has 0 amide bonds. The first-order valence-electron chi connectivity index (χ1n) is 7.04. The molecule has 5 heteroatoms. The molecule has 0 aliphatic heterocycles. The van der Waals surface area contributed by atoms with Crippen molar-refractivity contribution >= 4 is 31.8 Å². The molecule has 0 bridgehead atoms. The lowest BCUT2D eigenvalue weighted by atomic mass is 10.1. The van der Waals surface area contributed by atoms with Gasteiger partial charge in [0.1, 0.15) is 15.4 Å². The van der Waals surface area contributed by atoms with E-state index in [9.17, 15) is 4.79 Å². The van der Waals surface area contributed by atoms with Gasteiger partial charge in [0.15, 0.2) is 0 Å². The Balaban J connectivity index is 2.09. The second-order valence-electron chi connectivity index (χ2n) is 5.44. The van der Waals surface area contributed by atoms with E-state index in [0.717, 1.165) is 28.6 Å². The summed E-state index contributed by atoms with van der Waals surface area (Å²) in [5, 5.41) is 1.04. The molecule has 0 unspecified atom stereocenters. The highest BCUT2D eigenvalue weighted by Crippen LogP contribution is 2.32. The lowest BCUT2D eigenvalue weighted by Crippen LogP contribution is -2.07. The maximum Gasteiger partial charge on any atom is 0.268 e. The van der Waals surface area contributed by atoms with Gasteiger partial charge in [0.25, 0.3) is 5.56 Å². The van der Waals surface area contributed by atoms with Gasteiger partial charge in [-0.2, -0.15) is 0 Å². The summed E-state index contributed by atoms with van der Waals surface area (Å²) in [4.78, 5) is 25.1. The predicted octanol–water partition coefficient (Wildman–Crippen LogP) is 3.11. The Kier molecular flexibility index (Phi) is 2.63. The van der Waals surface area contributed by atoms with Gasteiger partial charge in [-0.1, -0.05) is 6.42 Å². The number of pyridine rings is 1. The molecule has 20 heavy (non-hydrogen) atoms. The number of nitrogens with zero attached hydrogens (tertiary/aromatic N) is 2. The van der Waals surface area contributed by atoms with Crippen LogP contribution in [0.3, 0.4) is 0 Å². The number of nitrogens with one attached hydrogen (secondary N) is 1. The van der Waals surface area contributed by atoms with Crippen LogP contribution in [0.4, 0.5) is 0 Å². The van der Waals surface area contributed by atoms with Gasteiger partial charge in [-0.15, -0.1) is 11.3 Å². The molecule has 0 radical (unpaired) electrons. The number of rotatable bonds is 0.